The summed E-state index contributed by atoms with van der Waals surface area (Å²) in [5.74, 6) is -16.9. The number of carbonyl (C=O) groups excluding carboxylic acids is 12. The van der Waals surface area contributed by atoms with Gasteiger partial charge in [-0.3, -0.25) is 71.9 Å². The van der Waals surface area contributed by atoms with Gasteiger partial charge in [-0.2, -0.15) is 0 Å². The standard InChI is InChI=1S/C46H78N14O19/c1-21(2)15-28(41(74)51-19-36(69)70)58-43(76)27(10-12-31(49)62)54-33(64)18-50-40(73)26(11-13-34(65)66)56-38(71)23(5)53-45(78)30(20-61)59-39(72)24(6)52-42(75)25(9-7-8-14-47)57-46(79)37(22(3)4)60-44(77)29(16-35(67)68)55-32(63)17-48/h21-30,37,61H,7-20,47-48H2,1-6H3,(H2,49,62)(H,50,73)(H,51,74)(H,52,75)(H,53,78)(H,54,64)(H,55,63)(H,56,71)(H,57,79)(H,58,76)(H,59,72)(H,60,77)(H,65,66)(H,67,68)(H,69,70)/t23-,24-,25-,26-,27-,28-,29-,30-,37-/m0/s1. The van der Waals surface area contributed by atoms with Crippen LogP contribution < -0.4 is 75.7 Å². The Morgan fingerprint density at radius 3 is 1.38 bits per heavy atom. The molecule has 0 spiro atoms. The molecule has 0 saturated carbocycles. The molecule has 0 aliphatic rings. The van der Waals surface area contributed by atoms with Gasteiger partial charge in [0.2, 0.25) is 70.9 Å². The summed E-state index contributed by atoms with van der Waals surface area (Å²) >= 11 is 0. The molecule has 21 N–H and O–H groups in total. The van der Waals surface area contributed by atoms with Crippen LogP contribution in [0.3, 0.4) is 0 Å². The van der Waals surface area contributed by atoms with E-state index < -0.39 is 201 Å². The fourth-order valence-corrected chi connectivity index (χ4v) is 6.88. The van der Waals surface area contributed by atoms with E-state index in [1.165, 1.54) is 20.8 Å². The van der Waals surface area contributed by atoms with Gasteiger partial charge in [0.15, 0.2) is 0 Å². The van der Waals surface area contributed by atoms with Crippen LogP contribution in [0.4, 0.5) is 0 Å². The van der Waals surface area contributed by atoms with Crippen molar-refractivity contribution in [2.24, 2.45) is 29.0 Å². The van der Waals surface area contributed by atoms with Crippen LogP contribution >= 0.6 is 0 Å². The fourth-order valence-electron chi connectivity index (χ4n) is 6.88. The Hall–Kier alpha value is -8.07. The first-order chi connectivity index (χ1) is 36.9. The van der Waals surface area contributed by atoms with Crippen LogP contribution in [-0.4, -0.2) is 196 Å². The Balaban J connectivity index is 5.98. The van der Waals surface area contributed by atoms with Crippen LogP contribution in [0.15, 0.2) is 0 Å². The van der Waals surface area contributed by atoms with E-state index in [4.69, 9.17) is 22.3 Å². The third-order valence-electron chi connectivity index (χ3n) is 11.2. The second-order valence-electron chi connectivity index (χ2n) is 18.8. The number of unbranched alkanes of at least 4 members (excludes halogenated alkanes) is 1. The minimum atomic E-state index is -1.77. The molecule has 0 unspecified atom stereocenters. The Labute approximate surface area is 454 Å². The summed E-state index contributed by atoms with van der Waals surface area (Å²) in [5, 5.41) is 62.6. The Kier molecular flexibility index (Phi) is 33.1. The molecule has 0 aromatic carbocycles. The van der Waals surface area contributed by atoms with Crippen molar-refractivity contribution in [1.82, 2.24) is 58.5 Å². The lowest BCUT2D eigenvalue weighted by atomic mass is 10.0. The number of aliphatic carboxylic acids is 3. The second-order valence-corrected chi connectivity index (χ2v) is 18.8. The first kappa shape index (κ1) is 70.9. The molecule has 0 bridgehead atoms. The average Bonchev–Trinajstić information content (AvgIpc) is 3.36. The summed E-state index contributed by atoms with van der Waals surface area (Å²) in [7, 11) is 0. The minimum Gasteiger partial charge on any atom is -0.481 e. The number of nitrogens with one attached hydrogen (secondary N) is 11. The number of hydrogen-bond donors (Lipinski definition) is 18. The first-order valence-electron chi connectivity index (χ1n) is 25.1. The van der Waals surface area contributed by atoms with Crippen molar-refractivity contribution in [3.8, 4) is 0 Å². The highest BCUT2D eigenvalue weighted by molar-refractivity contribution is 5.99. The Morgan fingerprint density at radius 1 is 0.430 bits per heavy atom. The van der Waals surface area contributed by atoms with E-state index >= 15 is 0 Å². The van der Waals surface area contributed by atoms with Crippen LogP contribution in [0.25, 0.3) is 0 Å². The van der Waals surface area contributed by atoms with Crippen molar-refractivity contribution in [3.63, 3.8) is 0 Å². The topological polar surface area (TPSA) is 547 Å². The van der Waals surface area contributed by atoms with Gasteiger partial charge in [0.05, 0.1) is 26.1 Å². The van der Waals surface area contributed by atoms with Crippen LogP contribution in [0.2, 0.25) is 0 Å². The molecule has 0 rings (SSSR count). The molecule has 0 aromatic rings. The predicted molar refractivity (Wildman–Crippen MR) is 273 cm³/mol. The summed E-state index contributed by atoms with van der Waals surface area (Å²) in [6.07, 6.45) is -2.23. The fraction of sp³-hybridized carbons (Fsp3) is 0.674. The molecule has 0 heterocycles. The molecule has 0 saturated heterocycles. The summed E-state index contributed by atoms with van der Waals surface area (Å²) in [6, 6.07) is -13.6. The molecular weight excluding hydrogens is 1050 g/mol. The van der Waals surface area contributed by atoms with Gasteiger partial charge in [-0.05, 0) is 70.8 Å². The van der Waals surface area contributed by atoms with Crippen molar-refractivity contribution >= 4 is 88.8 Å². The number of carboxylic acids is 3. The van der Waals surface area contributed by atoms with Gasteiger partial charge in [0.25, 0.3) is 0 Å². The molecule has 0 aromatic heterocycles. The molecular formula is C46H78N14O19. The number of aliphatic hydroxyl groups excluding tert-OH is 1. The normalized spacial score (nSPS) is 14.3. The van der Waals surface area contributed by atoms with Crippen molar-refractivity contribution in [2.75, 3.05) is 32.8 Å². The Bertz CT molecular complexity index is 2180. The molecule has 0 aliphatic carbocycles. The highest BCUT2D eigenvalue weighted by Gasteiger charge is 2.35. The van der Waals surface area contributed by atoms with Crippen LogP contribution in [-0.2, 0) is 71.9 Å². The summed E-state index contributed by atoms with van der Waals surface area (Å²) in [5.41, 5.74) is 16.1. The SMILES string of the molecule is CC(C)C[C@H](NC(=O)[C@H](CCC(N)=O)NC(=O)CNC(=O)[C@H](CCC(=O)O)NC(=O)[C@H](C)NC(=O)[C@H](CO)NC(=O)[C@H](C)NC(=O)[C@H](CCCCN)NC(=O)[C@@H](NC(=O)[C@H](CC(=O)O)NC(=O)CN)C(C)C)C(=O)NCC(=O)O. The van der Waals surface area contributed by atoms with Crippen LogP contribution in [0.5, 0.6) is 0 Å². The van der Waals surface area contributed by atoms with Gasteiger partial charge in [-0.1, -0.05) is 27.7 Å². The number of rotatable bonds is 39. The summed E-state index contributed by atoms with van der Waals surface area (Å²) in [6.45, 7) is 5.72. The number of nitrogens with two attached hydrogens (primary N) is 3. The van der Waals surface area contributed by atoms with Crippen LogP contribution in [0, 0.1) is 11.8 Å². The van der Waals surface area contributed by atoms with Gasteiger partial charge in [0.1, 0.15) is 60.9 Å². The molecule has 446 valence electrons. The lowest BCUT2D eigenvalue weighted by molar-refractivity contribution is -0.141. The third-order valence-corrected chi connectivity index (χ3v) is 11.2. The van der Waals surface area contributed by atoms with Gasteiger partial charge in [0, 0.05) is 12.8 Å². The zero-order chi connectivity index (χ0) is 60.7. The molecule has 33 heteroatoms. The molecule has 9 atom stereocenters. The quantitative estimate of drug-likeness (QED) is 0.0254. The van der Waals surface area contributed by atoms with E-state index in [1.807, 2.05) is 0 Å². The van der Waals surface area contributed by atoms with E-state index in [1.54, 1.807) is 13.8 Å². The number of hydrogen-bond acceptors (Lipinski definition) is 18. The lowest BCUT2D eigenvalue weighted by Crippen LogP contribution is -2.60. The minimum absolute atomic E-state index is 0.0325. The summed E-state index contributed by atoms with van der Waals surface area (Å²) in [4.78, 5) is 189. The zero-order valence-electron chi connectivity index (χ0n) is 44.9. The smallest absolute Gasteiger partial charge is 0.322 e. The van der Waals surface area contributed by atoms with Crippen LogP contribution in [0.1, 0.15) is 99.3 Å². The molecule has 79 heavy (non-hydrogen) atoms. The maximum atomic E-state index is 13.6. The van der Waals surface area contributed by atoms with E-state index in [0.29, 0.717) is 6.42 Å². The van der Waals surface area contributed by atoms with E-state index in [2.05, 4.69) is 58.5 Å². The van der Waals surface area contributed by atoms with Crippen molar-refractivity contribution in [3.05, 3.63) is 0 Å². The predicted octanol–water partition coefficient (Wildman–Crippen LogP) is -7.91. The number of primary amides is 1. The Morgan fingerprint density at radius 2 is 0.886 bits per heavy atom. The largest absolute Gasteiger partial charge is 0.481 e. The molecule has 0 fully saturated rings. The van der Waals surface area contributed by atoms with E-state index in [-0.39, 0.29) is 38.1 Å². The maximum absolute atomic E-state index is 13.6. The van der Waals surface area contributed by atoms with Gasteiger partial charge >= 0.3 is 17.9 Å². The third kappa shape index (κ3) is 29.3. The highest BCUT2D eigenvalue weighted by Crippen LogP contribution is 2.10. The van der Waals surface area contributed by atoms with Gasteiger partial charge in [-0.25, -0.2) is 0 Å². The second kappa shape index (κ2) is 36.9. The van der Waals surface area contributed by atoms with Crippen molar-refractivity contribution in [2.45, 2.75) is 154 Å². The van der Waals surface area contributed by atoms with Gasteiger partial charge in [-0.15, -0.1) is 0 Å². The molecule has 12 amide bonds. The number of amides is 12. The van der Waals surface area contributed by atoms with Gasteiger partial charge < -0.3 is 96.1 Å². The molecule has 33 nitrogen and oxygen atoms in total. The van der Waals surface area contributed by atoms with Crippen molar-refractivity contribution < 1.29 is 92.3 Å². The van der Waals surface area contributed by atoms with E-state index in [0.717, 1.165) is 6.92 Å². The van der Waals surface area contributed by atoms with Crippen molar-refractivity contribution in [1.29, 1.82) is 0 Å². The number of carbonyl (C=O) groups is 15. The highest BCUT2D eigenvalue weighted by atomic mass is 16.4. The summed E-state index contributed by atoms with van der Waals surface area (Å²) < 4.78 is 0. The average molecular weight is 1130 g/mol. The monoisotopic (exact) mass is 1130 g/mol. The van der Waals surface area contributed by atoms with E-state index in [9.17, 15) is 87.2 Å². The zero-order valence-corrected chi connectivity index (χ0v) is 44.9. The number of aliphatic hydroxyl groups is 1. The molecule has 0 radical (unpaired) electrons. The lowest BCUT2D eigenvalue weighted by Gasteiger charge is -2.27. The maximum Gasteiger partial charge on any atom is 0.322 e. The first-order valence-corrected chi connectivity index (χ1v) is 25.1. The number of carboxylic acid groups (broad SMARTS) is 3. The molecule has 0 aliphatic heterocycles.